The lowest BCUT2D eigenvalue weighted by Gasteiger charge is -2.24. The minimum Gasteiger partial charge on any atom is -0.312 e. The summed E-state index contributed by atoms with van der Waals surface area (Å²) in [6.07, 6.45) is 0.834. The van der Waals surface area contributed by atoms with Gasteiger partial charge in [-0.25, -0.2) is 0 Å². The van der Waals surface area contributed by atoms with Crippen molar-refractivity contribution in [3.8, 4) is 0 Å². The fourth-order valence-corrected chi connectivity index (χ4v) is 4.32. The van der Waals surface area contributed by atoms with Crippen LogP contribution in [-0.4, -0.2) is 17.7 Å². The summed E-state index contributed by atoms with van der Waals surface area (Å²) in [6, 6.07) is 14.7. The van der Waals surface area contributed by atoms with Crippen LogP contribution < -0.4 is 4.90 Å². The second kappa shape index (κ2) is 6.17. The van der Waals surface area contributed by atoms with Crippen LogP contribution >= 0.6 is 11.8 Å². The SMILES string of the molecule is CCN(C(=O)C1Cc2ccccc2S1)c1cc(C)cc(C)c1. The molecule has 1 aliphatic heterocycles. The third-order valence-corrected chi connectivity index (χ3v) is 5.33. The highest BCUT2D eigenvalue weighted by Crippen LogP contribution is 2.38. The van der Waals surface area contributed by atoms with Gasteiger partial charge in [0, 0.05) is 17.1 Å². The van der Waals surface area contributed by atoms with E-state index >= 15 is 0 Å². The minimum absolute atomic E-state index is 0.00170. The summed E-state index contributed by atoms with van der Waals surface area (Å²) < 4.78 is 0. The van der Waals surface area contributed by atoms with Gasteiger partial charge in [-0.15, -0.1) is 11.8 Å². The van der Waals surface area contributed by atoms with Gasteiger partial charge >= 0.3 is 0 Å². The van der Waals surface area contributed by atoms with E-state index in [9.17, 15) is 4.79 Å². The number of benzene rings is 2. The van der Waals surface area contributed by atoms with Crippen LogP contribution in [0.15, 0.2) is 47.4 Å². The monoisotopic (exact) mass is 311 g/mol. The Balaban J connectivity index is 1.84. The van der Waals surface area contributed by atoms with E-state index in [4.69, 9.17) is 0 Å². The number of fused-ring (bicyclic) bond motifs is 1. The first kappa shape index (κ1) is 15.2. The molecule has 1 amide bonds. The second-order valence-electron chi connectivity index (χ2n) is 5.85. The molecule has 3 heteroatoms. The molecule has 2 aromatic rings. The molecule has 0 spiro atoms. The molecule has 0 N–H and O–H groups in total. The van der Waals surface area contributed by atoms with E-state index < -0.39 is 0 Å². The molecule has 0 saturated carbocycles. The quantitative estimate of drug-likeness (QED) is 0.839. The number of nitrogens with zero attached hydrogens (tertiary/aromatic N) is 1. The maximum atomic E-state index is 13.0. The van der Waals surface area contributed by atoms with Gasteiger partial charge in [-0.05, 0) is 62.1 Å². The van der Waals surface area contributed by atoms with E-state index in [0.717, 1.165) is 12.1 Å². The van der Waals surface area contributed by atoms with E-state index in [1.807, 2.05) is 24.0 Å². The highest BCUT2D eigenvalue weighted by atomic mass is 32.2. The van der Waals surface area contributed by atoms with Crippen LogP contribution in [0.4, 0.5) is 5.69 Å². The lowest BCUT2D eigenvalue weighted by Crippen LogP contribution is -2.37. The summed E-state index contributed by atoms with van der Waals surface area (Å²) >= 11 is 1.70. The largest absolute Gasteiger partial charge is 0.312 e. The van der Waals surface area contributed by atoms with Crippen molar-refractivity contribution in [2.75, 3.05) is 11.4 Å². The number of anilines is 1. The van der Waals surface area contributed by atoms with Crippen LogP contribution in [0.1, 0.15) is 23.6 Å². The summed E-state index contributed by atoms with van der Waals surface area (Å²) in [5.41, 5.74) is 4.70. The molecule has 0 saturated heterocycles. The zero-order valence-electron chi connectivity index (χ0n) is 13.3. The molecule has 1 atom stereocenters. The molecule has 3 rings (SSSR count). The molecule has 1 aliphatic rings. The van der Waals surface area contributed by atoms with Crippen LogP contribution in [0.5, 0.6) is 0 Å². The molecule has 22 heavy (non-hydrogen) atoms. The summed E-state index contributed by atoms with van der Waals surface area (Å²) in [7, 11) is 0. The Morgan fingerprint density at radius 1 is 1.18 bits per heavy atom. The number of carbonyl (C=O) groups is 1. The first-order chi connectivity index (χ1) is 10.6. The van der Waals surface area contributed by atoms with Crippen LogP contribution in [0.3, 0.4) is 0 Å². The van der Waals surface area contributed by atoms with Crippen molar-refractivity contribution in [3.63, 3.8) is 0 Å². The lowest BCUT2D eigenvalue weighted by molar-refractivity contribution is -0.118. The van der Waals surface area contributed by atoms with E-state index in [1.165, 1.54) is 21.6 Å². The Labute approximate surface area is 136 Å². The van der Waals surface area contributed by atoms with Gasteiger partial charge in [0.05, 0.1) is 5.25 Å². The van der Waals surface area contributed by atoms with Gasteiger partial charge in [0.15, 0.2) is 0 Å². The molecule has 0 bridgehead atoms. The van der Waals surface area contributed by atoms with Crippen LogP contribution in [-0.2, 0) is 11.2 Å². The Kier molecular flexibility index (Phi) is 4.25. The zero-order chi connectivity index (χ0) is 15.7. The summed E-state index contributed by atoms with van der Waals surface area (Å²) in [5.74, 6) is 0.216. The number of hydrogen-bond donors (Lipinski definition) is 0. The number of thioether (sulfide) groups is 1. The molecule has 0 radical (unpaired) electrons. The summed E-state index contributed by atoms with van der Waals surface area (Å²) in [4.78, 5) is 16.1. The van der Waals surface area contributed by atoms with Gasteiger partial charge in [0.1, 0.15) is 0 Å². The van der Waals surface area contributed by atoms with Gasteiger partial charge in [0.25, 0.3) is 0 Å². The highest BCUT2D eigenvalue weighted by Gasteiger charge is 2.31. The fourth-order valence-electron chi connectivity index (χ4n) is 3.07. The van der Waals surface area contributed by atoms with Crippen molar-refractivity contribution in [3.05, 3.63) is 59.2 Å². The summed E-state index contributed by atoms with van der Waals surface area (Å²) in [6.45, 7) is 6.90. The molecule has 1 heterocycles. The van der Waals surface area contributed by atoms with E-state index in [-0.39, 0.29) is 11.2 Å². The molecule has 0 fully saturated rings. The van der Waals surface area contributed by atoms with Crippen molar-refractivity contribution in [1.82, 2.24) is 0 Å². The predicted octanol–water partition coefficient (Wildman–Crippen LogP) is 4.37. The Bertz CT molecular complexity index is 665. The van der Waals surface area contributed by atoms with E-state index in [2.05, 4.69) is 44.2 Å². The maximum absolute atomic E-state index is 13.0. The van der Waals surface area contributed by atoms with Gasteiger partial charge in [-0.2, -0.15) is 0 Å². The van der Waals surface area contributed by atoms with Gasteiger partial charge in [-0.1, -0.05) is 24.3 Å². The molecule has 0 aliphatic carbocycles. The van der Waals surface area contributed by atoms with Crippen molar-refractivity contribution < 1.29 is 4.79 Å². The Hall–Kier alpha value is -1.74. The first-order valence-electron chi connectivity index (χ1n) is 7.72. The number of carbonyl (C=O) groups excluding carboxylic acids is 1. The number of amides is 1. The maximum Gasteiger partial charge on any atom is 0.240 e. The average Bonchev–Trinajstić information content (AvgIpc) is 2.90. The third-order valence-electron chi connectivity index (χ3n) is 4.02. The van der Waals surface area contributed by atoms with E-state index in [0.29, 0.717) is 6.54 Å². The van der Waals surface area contributed by atoms with Gasteiger partial charge in [-0.3, -0.25) is 4.79 Å². The normalized spacial score (nSPS) is 16.4. The third kappa shape index (κ3) is 2.91. The average molecular weight is 311 g/mol. The molecule has 2 nitrogen and oxygen atoms in total. The Morgan fingerprint density at radius 3 is 2.50 bits per heavy atom. The molecule has 2 aromatic carbocycles. The van der Waals surface area contributed by atoms with Crippen molar-refractivity contribution >= 4 is 23.4 Å². The minimum atomic E-state index is -0.00170. The topological polar surface area (TPSA) is 20.3 Å². The Morgan fingerprint density at radius 2 is 1.86 bits per heavy atom. The van der Waals surface area contributed by atoms with Crippen molar-refractivity contribution in [2.45, 2.75) is 37.3 Å². The molecular weight excluding hydrogens is 290 g/mol. The van der Waals surface area contributed by atoms with Crippen molar-refractivity contribution in [2.24, 2.45) is 0 Å². The smallest absolute Gasteiger partial charge is 0.240 e. The summed E-state index contributed by atoms with van der Waals surface area (Å²) in [5, 5.41) is -0.00170. The van der Waals surface area contributed by atoms with Gasteiger partial charge in [0.2, 0.25) is 5.91 Å². The molecular formula is C19H21NOS. The number of aryl methyl sites for hydroxylation is 2. The standard InChI is InChI=1S/C19H21NOS/c1-4-20(16-10-13(2)9-14(3)11-16)19(21)18-12-15-7-5-6-8-17(15)22-18/h5-11,18H,4,12H2,1-3H3. The van der Waals surface area contributed by atoms with E-state index in [1.54, 1.807) is 11.8 Å². The molecule has 1 unspecified atom stereocenters. The van der Waals surface area contributed by atoms with Gasteiger partial charge < -0.3 is 4.90 Å². The highest BCUT2D eigenvalue weighted by molar-refractivity contribution is 8.01. The number of rotatable bonds is 3. The van der Waals surface area contributed by atoms with Crippen molar-refractivity contribution in [1.29, 1.82) is 0 Å². The zero-order valence-corrected chi connectivity index (χ0v) is 14.1. The fraction of sp³-hybridized carbons (Fsp3) is 0.316. The second-order valence-corrected chi connectivity index (χ2v) is 7.09. The van der Waals surface area contributed by atoms with Crippen LogP contribution in [0.25, 0.3) is 0 Å². The lowest BCUT2D eigenvalue weighted by atomic mass is 10.1. The molecule has 114 valence electrons. The number of hydrogen-bond acceptors (Lipinski definition) is 2. The van der Waals surface area contributed by atoms with Crippen LogP contribution in [0, 0.1) is 13.8 Å². The van der Waals surface area contributed by atoms with Crippen LogP contribution in [0.2, 0.25) is 0 Å². The first-order valence-corrected chi connectivity index (χ1v) is 8.60. The predicted molar refractivity (Wildman–Crippen MR) is 93.7 cm³/mol. The molecule has 0 aromatic heterocycles.